The minimum absolute atomic E-state index is 0.0986. The van der Waals surface area contributed by atoms with Crippen LogP contribution in [-0.4, -0.2) is 41.7 Å². The number of carbonyl (C=O) groups is 1. The summed E-state index contributed by atoms with van der Waals surface area (Å²) in [4.78, 5) is 19.2. The van der Waals surface area contributed by atoms with E-state index in [-0.39, 0.29) is 23.4 Å². The molecule has 2 aromatic rings. The standard InChI is InChI=1S/C21H27N3O3S/c1-16(17-4-6-19(7-5-17)28(26)27)13-18(24-11-2-3-20(24)25)14-21(8-9-21)23-12-10-22-15-23/h4-7,10,12,15-16,18H,2-3,8-9,11,13-14H2,1H3,(H,26,27). The van der Waals surface area contributed by atoms with Crippen LogP contribution in [0.4, 0.5) is 0 Å². The number of hydrogen-bond acceptors (Lipinski definition) is 3. The second kappa shape index (κ2) is 7.79. The topological polar surface area (TPSA) is 75.4 Å². The maximum Gasteiger partial charge on any atom is 0.222 e. The predicted octanol–water partition coefficient (Wildman–Crippen LogP) is 3.53. The highest BCUT2D eigenvalue weighted by atomic mass is 32.2. The van der Waals surface area contributed by atoms with Gasteiger partial charge in [-0.2, -0.15) is 0 Å². The fourth-order valence-corrected chi connectivity index (χ4v) is 4.89. The number of amides is 1. The number of benzene rings is 1. The lowest BCUT2D eigenvalue weighted by Crippen LogP contribution is -2.40. The van der Waals surface area contributed by atoms with Crippen LogP contribution in [0.2, 0.25) is 0 Å². The van der Waals surface area contributed by atoms with Gasteiger partial charge in [-0.1, -0.05) is 19.1 Å². The van der Waals surface area contributed by atoms with Crippen molar-refractivity contribution >= 4 is 17.0 Å². The molecule has 150 valence electrons. The van der Waals surface area contributed by atoms with E-state index in [0.717, 1.165) is 44.2 Å². The van der Waals surface area contributed by atoms with Crippen LogP contribution in [0.5, 0.6) is 0 Å². The Balaban J connectivity index is 1.52. The minimum Gasteiger partial charge on any atom is -0.340 e. The summed E-state index contributed by atoms with van der Waals surface area (Å²) >= 11 is -1.95. The monoisotopic (exact) mass is 401 g/mol. The summed E-state index contributed by atoms with van der Waals surface area (Å²) in [6.45, 7) is 3.02. The van der Waals surface area contributed by atoms with Crippen LogP contribution in [0.3, 0.4) is 0 Å². The number of likely N-dealkylation sites (tertiary alicyclic amines) is 1. The zero-order valence-electron chi connectivity index (χ0n) is 16.2. The zero-order chi connectivity index (χ0) is 19.7. The molecule has 1 amide bonds. The molecule has 1 aromatic carbocycles. The SMILES string of the molecule is CC(CC(CC1(n2ccnc2)CC1)N1CCCC1=O)c1ccc(S(=O)O)cc1. The molecular formula is C21H27N3O3S. The van der Waals surface area contributed by atoms with Crippen LogP contribution in [0.25, 0.3) is 0 Å². The van der Waals surface area contributed by atoms with Gasteiger partial charge >= 0.3 is 0 Å². The molecule has 7 heteroatoms. The smallest absolute Gasteiger partial charge is 0.222 e. The molecule has 1 aromatic heterocycles. The van der Waals surface area contributed by atoms with E-state index in [1.54, 1.807) is 12.1 Å². The molecule has 2 aliphatic rings. The summed E-state index contributed by atoms with van der Waals surface area (Å²) in [5.41, 5.74) is 1.24. The molecule has 3 atom stereocenters. The average molecular weight is 402 g/mol. The summed E-state index contributed by atoms with van der Waals surface area (Å²) in [7, 11) is 0. The summed E-state index contributed by atoms with van der Waals surface area (Å²) in [5.74, 6) is 0.530. The Kier molecular flexibility index (Phi) is 5.38. The van der Waals surface area contributed by atoms with Gasteiger partial charge in [-0.25, -0.2) is 9.19 Å². The molecule has 0 radical (unpaired) electrons. The van der Waals surface area contributed by atoms with E-state index in [0.29, 0.717) is 11.3 Å². The second-order valence-corrected chi connectivity index (χ2v) is 9.17. The van der Waals surface area contributed by atoms with Crippen molar-refractivity contribution in [1.82, 2.24) is 14.5 Å². The van der Waals surface area contributed by atoms with E-state index >= 15 is 0 Å². The zero-order valence-corrected chi connectivity index (χ0v) is 17.0. The number of hydrogen-bond donors (Lipinski definition) is 1. The average Bonchev–Trinajstić information content (AvgIpc) is 3.09. The van der Waals surface area contributed by atoms with Crippen LogP contribution < -0.4 is 0 Å². The number of rotatable bonds is 8. The first-order valence-electron chi connectivity index (χ1n) is 9.97. The second-order valence-electron chi connectivity index (χ2n) is 8.20. The highest BCUT2D eigenvalue weighted by Gasteiger charge is 2.47. The largest absolute Gasteiger partial charge is 0.340 e. The van der Waals surface area contributed by atoms with Gasteiger partial charge in [-0.05, 0) is 55.7 Å². The highest BCUT2D eigenvalue weighted by Crippen LogP contribution is 2.49. The fraction of sp³-hybridized carbons (Fsp3) is 0.524. The van der Waals surface area contributed by atoms with Crippen molar-refractivity contribution in [1.29, 1.82) is 0 Å². The number of carbonyl (C=O) groups excluding carboxylic acids is 1. The lowest BCUT2D eigenvalue weighted by atomic mass is 9.89. The Morgan fingerprint density at radius 2 is 2.04 bits per heavy atom. The number of nitrogens with zero attached hydrogens (tertiary/aromatic N) is 3. The van der Waals surface area contributed by atoms with Gasteiger partial charge in [0, 0.05) is 36.9 Å². The van der Waals surface area contributed by atoms with Crippen molar-refractivity contribution in [3.63, 3.8) is 0 Å². The highest BCUT2D eigenvalue weighted by molar-refractivity contribution is 7.79. The van der Waals surface area contributed by atoms with Crippen molar-refractivity contribution in [2.45, 2.75) is 67.8 Å². The third kappa shape index (κ3) is 3.91. The number of imidazole rings is 1. The molecule has 1 N–H and O–H groups in total. The molecule has 3 unspecified atom stereocenters. The lowest BCUT2D eigenvalue weighted by molar-refractivity contribution is -0.130. The van der Waals surface area contributed by atoms with Crippen molar-refractivity contribution in [2.75, 3.05) is 6.54 Å². The van der Waals surface area contributed by atoms with Gasteiger partial charge in [-0.3, -0.25) is 4.79 Å². The van der Waals surface area contributed by atoms with Gasteiger partial charge in [0.15, 0.2) is 11.1 Å². The molecule has 2 fully saturated rings. The van der Waals surface area contributed by atoms with Crippen molar-refractivity contribution in [3.05, 3.63) is 48.5 Å². The number of aromatic nitrogens is 2. The molecule has 1 aliphatic carbocycles. The molecule has 4 rings (SSSR count). The maximum atomic E-state index is 12.5. The lowest BCUT2D eigenvalue weighted by Gasteiger charge is -2.33. The quantitative estimate of drug-likeness (QED) is 0.687. The molecule has 0 bridgehead atoms. The molecular weight excluding hydrogens is 374 g/mol. The van der Waals surface area contributed by atoms with E-state index in [1.807, 2.05) is 30.9 Å². The van der Waals surface area contributed by atoms with Gasteiger partial charge in [-0.15, -0.1) is 0 Å². The molecule has 6 nitrogen and oxygen atoms in total. The van der Waals surface area contributed by atoms with E-state index in [4.69, 9.17) is 0 Å². The summed E-state index contributed by atoms with van der Waals surface area (Å²) in [6, 6.07) is 7.48. The third-order valence-electron chi connectivity index (χ3n) is 6.32. The Bertz CT molecular complexity index is 846. The fourth-order valence-electron chi connectivity index (χ4n) is 4.52. The Morgan fingerprint density at radius 1 is 1.29 bits per heavy atom. The molecule has 1 saturated carbocycles. The minimum atomic E-state index is -1.95. The van der Waals surface area contributed by atoms with Crippen LogP contribution >= 0.6 is 0 Å². The summed E-state index contributed by atoms with van der Waals surface area (Å²) in [6.07, 6.45) is 11.5. The first-order chi connectivity index (χ1) is 13.5. The van der Waals surface area contributed by atoms with Gasteiger partial charge in [0.25, 0.3) is 0 Å². The van der Waals surface area contributed by atoms with E-state index in [1.165, 1.54) is 0 Å². The predicted molar refractivity (Wildman–Crippen MR) is 107 cm³/mol. The Hall–Kier alpha value is -1.99. The van der Waals surface area contributed by atoms with E-state index < -0.39 is 11.1 Å². The first kappa shape index (κ1) is 19.3. The van der Waals surface area contributed by atoms with Gasteiger partial charge < -0.3 is 14.0 Å². The van der Waals surface area contributed by atoms with E-state index in [2.05, 4.69) is 21.4 Å². The van der Waals surface area contributed by atoms with Crippen LogP contribution in [0.15, 0.2) is 47.9 Å². The van der Waals surface area contributed by atoms with E-state index in [9.17, 15) is 13.6 Å². The molecule has 0 spiro atoms. The van der Waals surface area contributed by atoms with Gasteiger partial charge in [0.2, 0.25) is 5.91 Å². The molecule has 28 heavy (non-hydrogen) atoms. The van der Waals surface area contributed by atoms with Gasteiger partial charge in [0.05, 0.1) is 11.2 Å². The van der Waals surface area contributed by atoms with Crippen LogP contribution in [0.1, 0.15) is 56.9 Å². The Morgan fingerprint density at radius 3 is 2.57 bits per heavy atom. The van der Waals surface area contributed by atoms with Crippen molar-refractivity contribution < 1.29 is 13.6 Å². The first-order valence-corrected chi connectivity index (χ1v) is 11.1. The van der Waals surface area contributed by atoms with Gasteiger partial charge in [0.1, 0.15) is 0 Å². The van der Waals surface area contributed by atoms with Crippen molar-refractivity contribution in [3.8, 4) is 0 Å². The molecule has 2 heterocycles. The third-order valence-corrected chi connectivity index (χ3v) is 7.00. The molecule has 1 aliphatic heterocycles. The molecule has 1 saturated heterocycles. The maximum absolute atomic E-state index is 12.5. The van der Waals surface area contributed by atoms with Crippen LogP contribution in [0, 0.1) is 0 Å². The normalized spacial score (nSPS) is 21.5. The summed E-state index contributed by atoms with van der Waals surface area (Å²) in [5, 5.41) is 0. The van der Waals surface area contributed by atoms with Crippen LogP contribution in [-0.2, 0) is 21.4 Å². The summed E-state index contributed by atoms with van der Waals surface area (Å²) < 4.78 is 22.6. The Labute approximate surface area is 168 Å². The van der Waals surface area contributed by atoms with Crippen molar-refractivity contribution in [2.24, 2.45) is 0 Å².